The van der Waals surface area contributed by atoms with Crippen LogP contribution >= 0.6 is 50.9 Å². The van der Waals surface area contributed by atoms with Gasteiger partial charge >= 0.3 is 0 Å². The lowest BCUT2D eigenvalue weighted by Gasteiger charge is -2.31. The number of thioether (sulfide) groups is 1. The zero-order valence-corrected chi connectivity index (χ0v) is 22.6. The highest BCUT2D eigenvalue weighted by atomic mass is 79.9. The number of nitrogens with zero attached hydrogens (tertiary/aromatic N) is 1. The topological polar surface area (TPSA) is 49.4 Å². The lowest BCUT2D eigenvalue weighted by atomic mass is 10.0. The van der Waals surface area contributed by atoms with Crippen molar-refractivity contribution in [3.8, 4) is 0 Å². The van der Waals surface area contributed by atoms with Gasteiger partial charge in [0.1, 0.15) is 6.04 Å². The monoisotopic (exact) mass is 578 g/mol. The third kappa shape index (κ3) is 7.77. The number of hydrogen-bond donors (Lipinski definition) is 1. The number of nitrogens with one attached hydrogen (secondary N) is 1. The maximum atomic E-state index is 13.5. The Labute approximate surface area is 223 Å². The maximum absolute atomic E-state index is 13.5. The first-order valence-corrected chi connectivity index (χ1v) is 13.4. The molecule has 0 spiro atoms. The van der Waals surface area contributed by atoms with Gasteiger partial charge in [-0.25, -0.2) is 0 Å². The van der Waals surface area contributed by atoms with E-state index in [4.69, 9.17) is 23.2 Å². The summed E-state index contributed by atoms with van der Waals surface area (Å²) >= 11 is 17.3. The molecule has 3 rings (SSSR count). The van der Waals surface area contributed by atoms with Crippen LogP contribution in [-0.4, -0.2) is 35.6 Å². The molecule has 1 N–H and O–H groups in total. The van der Waals surface area contributed by atoms with Crippen LogP contribution in [0.15, 0.2) is 77.3 Å². The molecule has 1 atom stereocenters. The van der Waals surface area contributed by atoms with Crippen molar-refractivity contribution < 1.29 is 9.59 Å². The van der Waals surface area contributed by atoms with Crippen LogP contribution in [0.4, 0.5) is 0 Å². The summed E-state index contributed by atoms with van der Waals surface area (Å²) in [5.74, 6) is 0.621. The number of carbonyl (C=O) groups excluding carboxylic acids is 2. The van der Waals surface area contributed by atoms with Crippen LogP contribution in [0.1, 0.15) is 16.7 Å². The van der Waals surface area contributed by atoms with Gasteiger partial charge < -0.3 is 10.2 Å². The van der Waals surface area contributed by atoms with Gasteiger partial charge in [-0.2, -0.15) is 0 Å². The average molecular weight is 580 g/mol. The van der Waals surface area contributed by atoms with Crippen LogP contribution in [-0.2, 0) is 28.3 Å². The first-order valence-electron chi connectivity index (χ1n) is 10.7. The fourth-order valence-electron chi connectivity index (χ4n) is 3.47. The van der Waals surface area contributed by atoms with Gasteiger partial charge in [-0.15, -0.1) is 11.8 Å². The van der Waals surface area contributed by atoms with Gasteiger partial charge in [-0.05, 0) is 41.0 Å². The van der Waals surface area contributed by atoms with Crippen molar-refractivity contribution in [1.29, 1.82) is 0 Å². The SMILES string of the molecule is CNC(=O)C(Cc1ccccc1)N(Cc1ccc(Cl)c(Cl)c1)C(=O)CSCc1ccc(Br)cc1. The summed E-state index contributed by atoms with van der Waals surface area (Å²) < 4.78 is 1.01. The Kier molecular flexibility index (Phi) is 10.3. The van der Waals surface area contributed by atoms with Crippen LogP contribution in [0.5, 0.6) is 0 Å². The second-order valence-corrected chi connectivity index (χ2v) is 10.4. The van der Waals surface area contributed by atoms with E-state index in [1.54, 1.807) is 24.1 Å². The molecule has 0 fully saturated rings. The normalized spacial score (nSPS) is 11.6. The van der Waals surface area contributed by atoms with Crippen LogP contribution in [0, 0.1) is 0 Å². The highest BCUT2D eigenvalue weighted by molar-refractivity contribution is 9.10. The van der Waals surface area contributed by atoms with E-state index in [0.29, 0.717) is 22.2 Å². The van der Waals surface area contributed by atoms with Crippen LogP contribution in [0.2, 0.25) is 10.0 Å². The molecule has 3 aromatic rings. The van der Waals surface area contributed by atoms with Gasteiger partial charge in [0.25, 0.3) is 0 Å². The van der Waals surface area contributed by atoms with E-state index in [2.05, 4.69) is 21.2 Å². The standard InChI is InChI=1S/C26H25BrCl2N2O2S/c1-30-26(33)24(14-18-5-3-2-4-6-18)31(15-20-9-12-22(28)23(29)13-20)25(32)17-34-16-19-7-10-21(27)11-8-19/h2-13,24H,14-17H2,1H3,(H,30,33). The summed E-state index contributed by atoms with van der Waals surface area (Å²) in [6, 6.07) is 22.3. The molecular weight excluding hydrogens is 555 g/mol. The van der Waals surface area contributed by atoms with Crippen LogP contribution < -0.4 is 5.32 Å². The summed E-state index contributed by atoms with van der Waals surface area (Å²) in [5, 5.41) is 3.58. The molecule has 0 aliphatic carbocycles. The van der Waals surface area contributed by atoms with Gasteiger partial charge in [0.15, 0.2) is 0 Å². The van der Waals surface area contributed by atoms with Gasteiger partial charge in [-0.3, -0.25) is 9.59 Å². The van der Waals surface area contributed by atoms with Crippen molar-refractivity contribution >= 4 is 62.7 Å². The molecule has 0 bridgehead atoms. The van der Waals surface area contributed by atoms with Crippen molar-refractivity contribution in [1.82, 2.24) is 10.2 Å². The molecule has 0 saturated carbocycles. The van der Waals surface area contributed by atoms with E-state index >= 15 is 0 Å². The molecule has 0 aliphatic rings. The molecule has 3 aromatic carbocycles. The number of rotatable bonds is 10. The molecular formula is C26H25BrCl2N2O2S. The summed E-state index contributed by atoms with van der Waals surface area (Å²) in [5.41, 5.74) is 2.91. The fourth-order valence-corrected chi connectivity index (χ4v) is 4.93. The van der Waals surface area contributed by atoms with Crippen molar-refractivity contribution in [2.45, 2.75) is 24.8 Å². The molecule has 8 heteroatoms. The summed E-state index contributed by atoms with van der Waals surface area (Å²) in [6.45, 7) is 0.249. The first kappa shape index (κ1) is 26.6. The zero-order chi connectivity index (χ0) is 24.5. The lowest BCUT2D eigenvalue weighted by molar-refractivity contribution is -0.139. The number of benzene rings is 3. The minimum atomic E-state index is -0.664. The van der Waals surface area contributed by atoms with E-state index in [0.717, 1.165) is 21.2 Å². The summed E-state index contributed by atoms with van der Waals surface area (Å²) in [7, 11) is 1.59. The molecule has 0 radical (unpaired) electrons. The van der Waals surface area contributed by atoms with Crippen molar-refractivity contribution in [3.05, 3.63) is 104 Å². The molecule has 0 saturated heterocycles. The Bertz CT molecular complexity index is 1110. The molecule has 1 unspecified atom stereocenters. The Hall–Kier alpha value is -1.99. The van der Waals surface area contributed by atoms with Gasteiger partial charge in [0.05, 0.1) is 15.8 Å². The van der Waals surface area contributed by atoms with E-state index < -0.39 is 6.04 Å². The molecule has 0 aliphatic heterocycles. The number of amides is 2. The smallest absolute Gasteiger partial charge is 0.242 e. The largest absolute Gasteiger partial charge is 0.357 e. The quantitative estimate of drug-likeness (QED) is 0.303. The predicted octanol–water partition coefficient (Wildman–Crippen LogP) is 6.38. The Morgan fingerprint density at radius 1 is 0.941 bits per heavy atom. The van der Waals surface area contributed by atoms with E-state index in [9.17, 15) is 9.59 Å². The van der Waals surface area contributed by atoms with Crippen LogP contribution in [0.25, 0.3) is 0 Å². The number of hydrogen-bond acceptors (Lipinski definition) is 3. The third-order valence-corrected chi connectivity index (χ3v) is 7.52. The number of likely N-dealkylation sites (N-methyl/N-ethyl adjacent to an activating group) is 1. The van der Waals surface area contributed by atoms with Gasteiger partial charge in [0, 0.05) is 30.2 Å². The van der Waals surface area contributed by atoms with Gasteiger partial charge in [-0.1, -0.05) is 87.7 Å². The average Bonchev–Trinajstić information content (AvgIpc) is 2.84. The fraction of sp³-hybridized carbons (Fsp3) is 0.231. The minimum absolute atomic E-state index is 0.113. The highest BCUT2D eigenvalue weighted by Crippen LogP contribution is 2.25. The molecule has 2 amide bonds. The Morgan fingerprint density at radius 3 is 2.26 bits per heavy atom. The molecule has 4 nitrogen and oxygen atoms in total. The second-order valence-electron chi connectivity index (χ2n) is 7.71. The molecule has 34 heavy (non-hydrogen) atoms. The second kappa shape index (κ2) is 13.2. The molecule has 0 aromatic heterocycles. The highest BCUT2D eigenvalue weighted by Gasteiger charge is 2.29. The lowest BCUT2D eigenvalue weighted by Crippen LogP contribution is -2.50. The molecule has 0 heterocycles. The van der Waals surface area contributed by atoms with Crippen molar-refractivity contribution in [2.24, 2.45) is 0 Å². The third-order valence-electron chi connectivity index (χ3n) is 5.26. The number of halogens is 3. The predicted molar refractivity (Wildman–Crippen MR) is 145 cm³/mol. The van der Waals surface area contributed by atoms with Crippen molar-refractivity contribution in [2.75, 3.05) is 12.8 Å². The minimum Gasteiger partial charge on any atom is -0.357 e. The Morgan fingerprint density at radius 2 is 1.62 bits per heavy atom. The van der Waals surface area contributed by atoms with E-state index in [1.165, 1.54) is 11.8 Å². The van der Waals surface area contributed by atoms with Crippen molar-refractivity contribution in [3.63, 3.8) is 0 Å². The summed E-state index contributed by atoms with van der Waals surface area (Å²) in [6.07, 6.45) is 0.408. The first-order chi connectivity index (χ1) is 16.4. The van der Waals surface area contributed by atoms with Gasteiger partial charge in [0.2, 0.25) is 11.8 Å². The zero-order valence-electron chi connectivity index (χ0n) is 18.6. The summed E-state index contributed by atoms with van der Waals surface area (Å²) in [4.78, 5) is 28.0. The molecule has 178 valence electrons. The Balaban J connectivity index is 1.82. The number of carbonyl (C=O) groups is 2. The van der Waals surface area contributed by atoms with E-state index in [1.807, 2.05) is 60.7 Å². The van der Waals surface area contributed by atoms with E-state index in [-0.39, 0.29) is 24.1 Å². The maximum Gasteiger partial charge on any atom is 0.242 e. The van der Waals surface area contributed by atoms with Crippen LogP contribution in [0.3, 0.4) is 0 Å².